The molecule has 2 aromatic carbocycles. The number of benzene rings is 2. The molecule has 1 amide bonds. The van der Waals surface area contributed by atoms with Gasteiger partial charge in [0.1, 0.15) is 13.2 Å². The van der Waals surface area contributed by atoms with E-state index in [1.54, 1.807) is 25.1 Å². The fourth-order valence-corrected chi connectivity index (χ4v) is 3.05. The molecule has 1 heterocycles. The number of nitrogens with one attached hydrogen (secondary N) is 1. The largest absolute Gasteiger partial charge is 0.445 e. The van der Waals surface area contributed by atoms with Crippen molar-refractivity contribution < 1.29 is 19.1 Å². The van der Waals surface area contributed by atoms with E-state index in [0.29, 0.717) is 6.42 Å². The molecule has 9 nitrogen and oxygen atoms in total. The molecule has 1 aromatic heterocycles. The number of halogens is 2. The zero-order chi connectivity index (χ0) is 22.2. The van der Waals surface area contributed by atoms with Crippen LogP contribution in [0.25, 0.3) is 0 Å². The summed E-state index contributed by atoms with van der Waals surface area (Å²) in [5, 5.41) is 14.6. The molecule has 31 heavy (non-hydrogen) atoms. The van der Waals surface area contributed by atoms with Gasteiger partial charge in [0.25, 0.3) is 0 Å². The fourth-order valence-electron chi connectivity index (χ4n) is 2.57. The topological polar surface area (TPSA) is 108 Å². The lowest BCUT2D eigenvalue weighted by atomic mass is 10.1. The van der Waals surface area contributed by atoms with Crippen LogP contribution in [-0.2, 0) is 22.7 Å². The second-order valence-corrected chi connectivity index (χ2v) is 7.20. The molecule has 0 bridgehead atoms. The molecular formula is C20H19Cl2N5O4. The number of nitrogens with zero attached hydrogens (tertiary/aromatic N) is 4. The molecule has 3 aromatic rings. The Morgan fingerprint density at radius 1 is 1.10 bits per heavy atom. The quantitative estimate of drug-likeness (QED) is 0.509. The average molecular weight is 464 g/mol. The highest BCUT2D eigenvalue weighted by atomic mass is 35.5. The smallest absolute Gasteiger partial charge is 0.408 e. The van der Waals surface area contributed by atoms with Gasteiger partial charge in [-0.25, -0.2) is 4.79 Å². The summed E-state index contributed by atoms with van der Waals surface area (Å²) in [6, 6.07) is 13.2. The molecule has 1 atom stereocenters. The first kappa shape index (κ1) is 22.5. The van der Waals surface area contributed by atoms with Crippen molar-refractivity contribution in [2.45, 2.75) is 32.5 Å². The van der Waals surface area contributed by atoms with Gasteiger partial charge in [-0.3, -0.25) is 4.79 Å². The van der Waals surface area contributed by atoms with Crippen molar-refractivity contribution in [1.29, 1.82) is 0 Å². The number of carbonyl (C=O) groups is 2. The van der Waals surface area contributed by atoms with Crippen LogP contribution in [-0.4, -0.2) is 38.1 Å². The summed E-state index contributed by atoms with van der Waals surface area (Å²) in [5.74, 6) is -0.134. The molecule has 3 rings (SSSR count). The van der Waals surface area contributed by atoms with E-state index in [9.17, 15) is 9.59 Å². The standard InChI is InChI=1S/C20H19Cl2N5O4/c1-2-16(23-20(29)30-12-13-7-4-3-5-8-13)17(28)11-27-25-19(24-26-27)31-18-14(21)9-6-10-15(18)22/h3-10,16H,2,11-12H2,1H3,(H,23,29). The van der Waals surface area contributed by atoms with E-state index >= 15 is 0 Å². The number of tetrazole rings is 1. The Morgan fingerprint density at radius 3 is 2.48 bits per heavy atom. The van der Waals surface area contributed by atoms with Crippen LogP contribution in [0.3, 0.4) is 0 Å². The van der Waals surface area contributed by atoms with E-state index in [1.807, 2.05) is 30.3 Å². The molecule has 11 heteroatoms. The van der Waals surface area contributed by atoms with Crippen LogP contribution in [0, 0.1) is 0 Å². The van der Waals surface area contributed by atoms with Crippen LogP contribution >= 0.6 is 23.2 Å². The maximum absolute atomic E-state index is 12.5. The fraction of sp³-hybridized carbons (Fsp3) is 0.250. The van der Waals surface area contributed by atoms with Crippen molar-refractivity contribution in [2.75, 3.05) is 0 Å². The zero-order valence-corrected chi connectivity index (χ0v) is 18.0. The molecule has 162 valence electrons. The van der Waals surface area contributed by atoms with E-state index < -0.39 is 12.1 Å². The highest BCUT2D eigenvalue weighted by Gasteiger charge is 2.21. The number of hydrogen-bond donors (Lipinski definition) is 1. The molecular weight excluding hydrogens is 445 g/mol. The van der Waals surface area contributed by atoms with E-state index in [2.05, 4.69) is 20.7 Å². The number of para-hydroxylation sites is 1. The summed E-state index contributed by atoms with van der Waals surface area (Å²) in [6.07, 6.45) is -0.319. The predicted molar refractivity (Wildman–Crippen MR) is 113 cm³/mol. The van der Waals surface area contributed by atoms with Crippen LogP contribution in [0.4, 0.5) is 4.79 Å². The van der Waals surface area contributed by atoms with E-state index in [-0.39, 0.29) is 40.7 Å². The summed E-state index contributed by atoms with van der Waals surface area (Å²) in [6.45, 7) is 1.65. The van der Waals surface area contributed by atoms with Crippen LogP contribution < -0.4 is 10.1 Å². The minimum Gasteiger partial charge on any atom is -0.445 e. The highest BCUT2D eigenvalue weighted by molar-refractivity contribution is 6.37. The summed E-state index contributed by atoms with van der Waals surface area (Å²) < 4.78 is 10.6. The molecule has 1 N–H and O–H groups in total. The van der Waals surface area contributed by atoms with Gasteiger partial charge in [0, 0.05) is 0 Å². The minimum absolute atomic E-state index is 0.104. The first-order valence-electron chi connectivity index (χ1n) is 9.36. The Morgan fingerprint density at radius 2 is 1.81 bits per heavy atom. The second-order valence-electron chi connectivity index (χ2n) is 6.39. The Labute approximate surface area is 188 Å². The number of rotatable bonds is 9. The summed E-state index contributed by atoms with van der Waals surface area (Å²) in [7, 11) is 0. The van der Waals surface area contributed by atoms with Crippen molar-refractivity contribution >= 4 is 35.1 Å². The number of ketones is 1. The first-order chi connectivity index (χ1) is 15.0. The molecule has 0 aliphatic carbocycles. The molecule has 0 spiro atoms. The van der Waals surface area contributed by atoms with E-state index in [4.69, 9.17) is 32.7 Å². The number of alkyl carbamates (subject to hydrolysis) is 1. The second kappa shape index (κ2) is 10.7. The lowest BCUT2D eigenvalue weighted by Gasteiger charge is -2.15. The monoisotopic (exact) mass is 463 g/mol. The number of aromatic nitrogens is 4. The predicted octanol–water partition coefficient (Wildman–Crippen LogP) is 4.05. The van der Waals surface area contributed by atoms with Gasteiger partial charge in [0.05, 0.1) is 16.1 Å². The van der Waals surface area contributed by atoms with Crippen molar-refractivity contribution in [3.63, 3.8) is 0 Å². The van der Waals surface area contributed by atoms with Gasteiger partial charge in [-0.2, -0.15) is 4.80 Å². The maximum Gasteiger partial charge on any atom is 0.408 e. The third-order valence-electron chi connectivity index (χ3n) is 4.15. The number of amides is 1. The lowest BCUT2D eigenvalue weighted by molar-refractivity contribution is -0.122. The number of carbonyl (C=O) groups excluding carboxylic acids is 2. The van der Waals surface area contributed by atoms with Crippen LogP contribution in [0.15, 0.2) is 48.5 Å². The molecule has 1 unspecified atom stereocenters. The maximum atomic E-state index is 12.5. The SMILES string of the molecule is CCC(NC(=O)OCc1ccccc1)C(=O)Cn1nnc(Oc2c(Cl)cccc2Cl)n1. The van der Waals surface area contributed by atoms with E-state index in [1.165, 1.54) is 0 Å². The van der Waals surface area contributed by atoms with Gasteiger partial charge in [-0.05, 0) is 29.3 Å². The molecule has 0 saturated carbocycles. The van der Waals surface area contributed by atoms with Crippen LogP contribution in [0.5, 0.6) is 11.8 Å². The van der Waals surface area contributed by atoms with Crippen molar-refractivity contribution in [3.05, 3.63) is 64.1 Å². The third kappa shape index (κ3) is 6.40. The minimum atomic E-state index is -0.767. The van der Waals surface area contributed by atoms with Crippen molar-refractivity contribution in [3.8, 4) is 11.8 Å². The zero-order valence-electron chi connectivity index (χ0n) is 16.5. The number of Topliss-reactive ketones (excluding diaryl/α,β-unsaturated/α-hetero) is 1. The Kier molecular flexibility index (Phi) is 7.80. The van der Waals surface area contributed by atoms with Gasteiger partial charge in [0.2, 0.25) is 0 Å². The van der Waals surface area contributed by atoms with Crippen molar-refractivity contribution in [2.24, 2.45) is 0 Å². The molecule has 0 saturated heterocycles. The Hall–Kier alpha value is -3.17. The number of hydrogen-bond acceptors (Lipinski definition) is 7. The normalized spacial score (nSPS) is 11.6. The molecule has 0 radical (unpaired) electrons. The van der Waals surface area contributed by atoms with Gasteiger partial charge >= 0.3 is 12.1 Å². The van der Waals surface area contributed by atoms with Gasteiger partial charge in [-0.1, -0.05) is 76.7 Å². The lowest BCUT2D eigenvalue weighted by Crippen LogP contribution is -2.42. The highest BCUT2D eigenvalue weighted by Crippen LogP contribution is 2.34. The molecule has 0 fully saturated rings. The summed E-state index contributed by atoms with van der Waals surface area (Å²) in [4.78, 5) is 25.6. The van der Waals surface area contributed by atoms with Crippen molar-refractivity contribution in [1.82, 2.24) is 25.5 Å². The van der Waals surface area contributed by atoms with Gasteiger partial charge in [-0.15, -0.1) is 0 Å². The first-order valence-corrected chi connectivity index (χ1v) is 10.1. The van der Waals surface area contributed by atoms with Crippen LogP contribution in [0.1, 0.15) is 18.9 Å². The Balaban J connectivity index is 1.54. The van der Waals surface area contributed by atoms with Crippen LogP contribution in [0.2, 0.25) is 10.0 Å². The summed E-state index contributed by atoms with van der Waals surface area (Å²) >= 11 is 12.1. The van der Waals surface area contributed by atoms with E-state index in [0.717, 1.165) is 10.4 Å². The third-order valence-corrected chi connectivity index (χ3v) is 4.74. The van der Waals surface area contributed by atoms with Gasteiger partial charge in [0.15, 0.2) is 11.5 Å². The van der Waals surface area contributed by atoms with Gasteiger partial charge < -0.3 is 14.8 Å². The average Bonchev–Trinajstić information content (AvgIpc) is 3.20. The molecule has 0 aliphatic rings. The number of ether oxygens (including phenoxy) is 2. The Bertz CT molecular complexity index is 1020. The summed E-state index contributed by atoms with van der Waals surface area (Å²) in [5.41, 5.74) is 0.843. The molecule has 0 aliphatic heterocycles.